The number of aldehydes is 1. The molecule has 0 spiro atoms. The Labute approximate surface area is 118 Å². The van der Waals surface area contributed by atoms with Gasteiger partial charge in [-0.1, -0.05) is 12.1 Å². The molecule has 0 unspecified atom stereocenters. The van der Waals surface area contributed by atoms with Gasteiger partial charge >= 0.3 is 6.09 Å². The molecule has 1 N–H and O–H groups in total. The summed E-state index contributed by atoms with van der Waals surface area (Å²) in [5.41, 5.74) is 0.151. The fraction of sp³-hybridized carbons (Fsp3) is 0.400. The van der Waals surface area contributed by atoms with Crippen molar-refractivity contribution in [1.82, 2.24) is 0 Å². The van der Waals surface area contributed by atoms with Gasteiger partial charge < -0.3 is 9.53 Å². The molecule has 1 amide bonds. The van der Waals surface area contributed by atoms with Crippen LogP contribution >= 0.6 is 0 Å². The van der Waals surface area contributed by atoms with E-state index in [0.29, 0.717) is 17.5 Å². The maximum Gasteiger partial charge on any atom is 0.412 e. The van der Waals surface area contributed by atoms with Crippen molar-refractivity contribution >= 4 is 23.9 Å². The Bertz CT molecular complexity index is 503. The molecular weight excluding hydrogens is 258 g/mol. The molecule has 0 aromatic heterocycles. The van der Waals surface area contributed by atoms with Crippen molar-refractivity contribution in [2.45, 2.75) is 39.2 Å². The van der Waals surface area contributed by atoms with Gasteiger partial charge in [0.1, 0.15) is 11.9 Å². The summed E-state index contributed by atoms with van der Waals surface area (Å²) in [5, 5.41) is 2.55. The molecule has 1 aromatic rings. The number of hydrogen-bond donors (Lipinski definition) is 1. The van der Waals surface area contributed by atoms with Gasteiger partial charge in [-0.15, -0.1) is 0 Å². The largest absolute Gasteiger partial charge is 0.444 e. The number of para-hydroxylation sites is 1. The smallest absolute Gasteiger partial charge is 0.412 e. The van der Waals surface area contributed by atoms with E-state index in [1.165, 1.54) is 0 Å². The molecule has 5 nitrogen and oxygen atoms in total. The number of anilines is 1. The number of amides is 1. The first kappa shape index (κ1) is 15.9. The summed E-state index contributed by atoms with van der Waals surface area (Å²) in [7, 11) is 0. The molecular formula is C15H19NO4. The Balaban J connectivity index is 2.82. The van der Waals surface area contributed by atoms with Crippen LogP contribution in [0.4, 0.5) is 10.5 Å². The van der Waals surface area contributed by atoms with Gasteiger partial charge in [0, 0.05) is 18.4 Å². The fourth-order valence-electron chi connectivity index (χ4n) is 1.57. The lowest BCUT2D eigenvalue weighted by atomic mass is 10.0. The highest BCUT2D eigenvalue weighted by atomic mass is 16.6. The zero-order chi connectivity index (χ0) is 15.2. The fourth-order valence-corrected chi connectivity index (χ4v) is 1.57. The highest BCUT2D eigenvalue weighted by molar-refractivity contribution is 6.04. The van der Waals surface area contributed by atoms with Gasteiger partial charge in [-0.05, 0) is 32.9 Å². The Morgan fingerprint density at radius 1 is 1.25 bits per heavy atom. The average molecular weight is 277 g/mol. The molecule has 0 saturated heterocycles. The number of rotatable bonds is 5. The molecule has 0 aliphatic heterocycles. The van der Waals surface area contributed by atoms with E-state index in [9.17, 15) is 14.4 Å². The molecule has 1 rings (SSSR count). The third-order valence-corrected chi connectivity index (χ3v) is 2.35. The lowest BCUT2D eigenvalue weighted by Crippen LogP contribution is -2.27. The van der Waals surface area contributed by atoms with Crippen LogP contribution in [0.5, 0.6) is 0 Å². The lowest BCUT2D eigenvalue weighted by molar-refractivity contribution is -0.107. The van der Waals surface area contributed by atoms with E-state index >= 15 is 0 Å². The van der Waals surface area contributed by atoms with Crippen LogP contribution in [0.15, 0.2) is 24.3 Å². The maximum absolute atomic E-state index is 11.9. The van der Waals surface area contributed by atoms with Gasteiger partial charge in [-0.2, -0.15) is 0 Å². The topological polar surface area (TPSA) is 72.5 Å². The number of ether oxygens (including phenoxy) is 1. The SMILES string of the molecule is CC(C)(C)OC(=O)Nc1ccccc1C(=O)CCC=O. The van der Waals surface area contributed by atoms with E-state index in [0.717, 1.165) is 0 Å². The Kier molecular flexibility index (Phi) is 5.43. The van der Waals surface area contributed by atoms with E-state index in [-0.39, 0.29) is 18.6 Å². The maximum atomic E-state index is 11.9. The summed E-state index contributed by atoms with van der Waals surface area (Å²) >= 11 is 0. The summed E-state index contributed by atoms with van der Waals surface area (Å²) in [6.45, 7) is 5.27. The zero-order valence-corrected chi connectivity index (χ0v) is 11.9. The molecule has 0 aliphatic rings. The highest BCUT2D eigenvalue weighted by Crippen LogP contribution is 2.19. The number of carbonyl (C=O) groups excluding carboxylic acids is 3. The monoisotopic (exact) mass is 277 g/mol. The minimum atomic E-state index is -0.617. The molecule has 5 heteroatoms. The second-order valence-corrected chi connectivity index (χ2v) is 5.30. The van der Waals surface area contributed by atoms with Crippen LogP contribution in [0.3, 0.4) is 0 Å². The zero-order valence-electron chi connectivity index (χ0n) is 11.9. The van der Waals surface area contributed by atoms with Crippen molar-refractivity contribution in [1.29, 1.82) is 0 Å². The predicted octanol–water partition coefficient (Wildman–Crippen LogP) is 3.20. The average Bonchev–Trinajstić information content (AvgIpc) is 2.34. The van der Waals surface area contributed by atoms with Crippen molar-refractivity contribution < 1.29 is 19.1 Å². The quantitative estimate of drug-likeness (QED) is 0.662. The number of carbonyl (C=O) groups is 3. The van der Waals surface area contributed by atoms with Crippen LogP contribution in [0.1, 0.15) is 44.0 Å². The summed E-state index contributed by atoms with van der Waals surface area (Å²) in [6, 6.07) is 6.65. The molecule has 0 atom stereocenters. The van der Waals surface area contributed by atoms with E-state index in [2.05, 4.69) is 5.32 Å². The first-order valence-corrected chi connectivity index (χ1v) is 6.39. The minimum Gasteiger partial charge on any atom is -0.444 e. The third-order valence-electron chi connectivity index (χ3n) is 2.35. The van der Waals surface area contributed by atoms with Gasteiger partial charge in [0.2, 0.25) is 0 Å². The van der Waals surface area contributed by atoms with Crippen LogP contribution in [0.2, 0.25) is 0 Å². The second kappa shape index (κ2) is 6.84. The standard InChI is InChI=1S/C15H19NO4/c1-15(2,3)20-14(19)16-12-8-5-4-7-11(12)13(18)9-6-10-17/h4-5,7-8,10H,6,9H2,1-3H3,(H,16,19). The van der Waals surface area contributed by atoms with E-state index in [4.69, 9.17) is 4.74 Å². The highest BCUT2D eigenvalue weighted by Gasteiger charge is 2.18. The Hall–Kier alpha value is -2.17. The first-order chi connectivity index (χ1) is 9.33. The number of Topliss-reactive ketones (excluding diaryl/α,β-unsaturated/α-hetero) is 1. The number of benzene rings is 1. The molecule has 1 aromatic carbocycles. The van der Waals surface area contributed by atoms with Crippen molar-refractivity contribution in [3.63, 3.8) is 0 Å². The normalized spacial score (nSPS) is 10.8. The number of hydrogen-bond acceptors (Lipinski definition) is 4. The van der Waals surface area contributed by atoms with Crippen molar-refractivity contribution in [3.8, 4) is 0 Å². The van der Waals surface area contributed by atoms with Gasteiger partial charge in [-0.3, -0.25) is 10.1 Å². The van der Waals surface area contributed by atoms with Crippen LogP contribution < -0.4 is 5.32 Å². The molecule has 108 valence electrons. The number of nitrogens with one attached hydrogen (secondary N) is 1. The van der Waals surface area contributed by atoms with Gasteiger partial charge in [0.05, 0.1) is 5.69 Å². The van der Waals surface area contributed by atoms with Crippen LogP contribution in [-0.2, 0) is 9.53 Å². The van der Waals surface area contributed by atoms with Crippen LogP contribution in [0.25, 0.3) is 0 Å². The van der Waals surface area contributed by atoms with Crippen molar-refractivity contribution in [2.24, 2.45) is 0 Å². The van der Waals surface area contributed by atoms with Crippen molar-refractivity contribution in [3.05, 3.63) is 29.8 Å². The van der Waals surface area contributed by atoms with E-state index in [1.54, 1.807) is 45.0 Å². The number of ketones is 1. The van der Waals surface area contributed by atoms with Crippen LogP contribution in [0, 0.1) is 0 Å². The lowest BCUT2D eigenvalue weighted by Gasteiger charge is -2.20. The molecule has 0 fully saturated rings. The molecule has 20 heavy (non-hydrogen) atoms. The first-order valence-electron chi connectivity index (χ1n) is 6.39. The minimum absolute atomic E-state index is 0.122. The van der Waals surface area contributed by atoms with E-state index < -0.39 is 11.7 Å². The molecule has 0 bridgehead atoms. The Morgan fingerprint density at radius 2 is 1.90 bits per heavy atom. The summed E-state index contributed by atoms with van der Waals surface area (Å²) in [5.74, 6) is -0.191. The van der Waals surface area contributed by atoms with Gasteiger partial charge in [-0.25, -0.2) is 4.79 Å². The van der Waals surface area contributed by atoms with Gasteiger partial charge in [0.15, 0.2) is 5.78 Å². The summed E-state index contributed by atoms with van der Waals surface area (Å²) in [4.78, 5) is 34.0. The molecule has 0 heterocycles. The predicted molar refractivity (Wildman–Crippen MR) is 75.9 cm³/mol. The third kappa shape index (κ3) is 5.22. The molecule has 0 aliphatic carbocycles. The van der Waals surface area contributed by atoms with Crippen LogP contribution in [-0.4, -0.2) is 23.8 Å². The van der Waals surface area contributed by atoms with E-state index in [1.807, 2.05) is 0 Å². The Morgan fingerprint density at radius 3 is 2.50 bits per heavy atom. The summed E-state index contributed by atoms with van der Waals surface area (Å²) in [6.07, 6.45) is 0.367. The molecule has 0 radical (unpaired) electrons. The molecule has 0 saturated carbocycles. The van der Waals surface area contributed by atoms with Gasteiger partial charge in [0.25, 0.3) is 0 Å². The van der Waals surface area contributed by atoms with Crippen molar-refractivity contribution in [2.75, 3.05) is 5.32 Å². The second-order valence-electron chi connectivity index (χ2n) is 5.30. The summed E-state index contributed by atoms with van der Waals surface area (Å²) < 4.78 is 5.14.